The summed E-state index contributed by atoms with van der Waals surface area (Å²) in [5.41, 5.74) is 0. The van der Waals surface area contributed by atoms with Crippen LogP contribution in [-0.4, -0.2) is 35.6 Å². The first-order valence-electron chi connectivity index (χ1n) is 8.77. The van der Waals surface area contributed by atoms with Gasteiger partial charge in [0, 0.05) is 26.1 Å². The predicted molar refractivity (Wildman–Crippen MR) is 88.1 cm³/mol. The molecule has 0 spiro atoms. The van der Waals surface area contributed by atoms with E-state index in [1.807, 2.05) is 11.0 Å². The number of aliphatic hydroxyl groups excluding tert-OH is 1. The van der Waals surface area contributed by atoms with Crippen LogP contribution in [0.5, 0.6) is 0 Å². The standard InChI is InChI=1S/C18H33NO2/c1-2-3-4-5-6-7-8-9-12-17(16-20)15-18(21)19-13-10-11-14-19/h2,17,20H,1,3-16H2. The number of carbonyl (C=O) groups is 1. The summed E-state index contributed by atoms with van der Waals surface area (Å²) in [5, 5.41) is 9.44. The fraction of sp³-hybridized carbons (Fsp3) is 0.833. The van der Waals surface area contributed by atoms with Crippen LogP contribution in [0, 0.1) is 5.92 Å². The summed E-state index contributed by atoms with van der Waals surface area (Å²) in [6, 6.07) is 0. The van der Waals surface area contributed by atoms with Crippen LogP contribution in [0.3, 0.4) is 0 Å². The summed E-state index contributed by atoms with van der Waals surface area (Å²) in [4.78, 5) is 14.0. The average molecular weight is 295 g/mol. The molecule has 0 radical (unpaired) electrons. The zero-order valence-electron chi connectivity index (χ0n) is 13.6. The largest absolute Gasteiger partial charge is 0.396 e. The fourth-order valence-electron chi connectivity index (χ4n) is 3.03. The molecule has 0 bridgehead atoms. The van der Waals surface area contributed by atoms with Gasteiger partial charge in [0.2, 0.25) is 5.91 Å². The summed E-state index contributed by atoms with van der Waals surface area (Å²) >= 11 is 0. The molecule has 21 heavy (non-hydrogen) atoms. The number of likely N-dealkylation sites (tertiary alicyclic amines) is 1. The Bertz CT molecular complexity index is 285. The van der Waals surface area contributed by atoms with E-state index < -0.39 is 0 Å². The molecule has 1 rings (SSSR count). The lowest BCUT2D eigenvalue weighted by molar-refractivity contribution is -0.131. The monoisotopic (exact) mass is 295 g/mol. The minimum Gasteiger partial charge on any atom is -0.396 e. The number of nitrogens with zero attached hydrogens (tertiary/aromatic N) is 1. The molecular weight excluding hydrogens is 262 g/mol. The van der Waals surface area contributed by atoms with Crippen molar-refractivity contribution < 1.29 is 9.90 Å². The van der Waals surface area contributed by atoms with Crippen molar-refractivity contribution in [3.63, 3.8) is 0 Å². The first-order chi connectivity index (χ1) is 10.3. The third kappa shape index (κ3) is 8.25. The number of allylic oxidation sites excluding steroid dienone is 1. The lowest BCUT2D eigenvalue weighted by Gasteiger charge is -2.19. The van der Waals surface area contributed by atoms with Crippen LogP contribution >= 0.6 is 0 Å². The molecular formula is C18H33NO2. The Morgan fingerprint density at radius 3 is 2.33 bits per heavy atom. The summed E-state index contributed by atoms with van der Waals surface area (Å²) < 4.78 is 0. The molecule has 0 aliphatic carbocycles. The topological polar surface area (TPSA) is 40.5 Å². The lowest BCUT2D eigenvalue weighted by Crippen LogP contribution is -2.30. The van der Waals surface area contributed by atoms with E-state index in [-0.39, 0.29) is 18.4 Å². The Morgan fingerprint density at radius 2 is 1.71 bits per heavy atom. The highest BCUT2D eigenvalue weighted by Gasteiger charge is 2.21. The van der Waals surface area contributed by atoms with E-state index in [4.69, 9.17) is 0 Å². The predicted octanol–water partition coefficient (Wildman–Crippen LogP) is 3.91. The Kier molecular flexibility index (Phi) is 10.2. The molecule has 1 aliphatic heterocycles. The molecule has 0 saturated carbocycles. The van der Waals surface area contributed by atoms with Gasteiger partial charge in [-0.3, -0.25) is 4.79 Å². The van der Waals surface area contributed by atoms with E-state index in [1.165, 1.54) is 32.1 Å². The molecule has 0 aromatic rings. The molecule has 122 valence electrons. The number of unbranched alkanes of at least 4 members (excludes halogenated alkanes) is 6. The normalized spacial score (nSPS) is 16.1. The fourth-order valence-corrected chi connectivity index (χ4v) is 3.03. The van der Waals surface area contributed by atoms with E-state index in [0.717, 1.165) is 45.2 Å². The lowest BCUT2D eigenvalue weighted by atomic mass is 9.97. The highest BCUT2D eigenvalue weighted by molar-refractivity contribution is 5.76. The zero-order valence-corrected chi connectivity index (χ0v) is 13.6. The van der Waals surface area contributed by atoms with Crippen molar-refractivity contribution >= 4 is 5.91 Å². The first kappa shape index (κ1) is 18.2. The first-order valence-corrected chi connectivity index (χ1v) is 8.77. The quantitative estimate of drug-likeness (QED) is 0.438. The minimum absolute atomic E-state index is 0.152. The smallest absolute Gasteiger partial charge is 0.222 e. The Morgan fingerprint density at radius 1 is 1.10 bits per heavy atom. The molecule has 1 saturated heterocycles. The van der Waals surface area contributed by atoms with Gasteiger partial charge in [-0.15, -0.1) is 6.58 Å². The van der Waals surface area contributed by atoms with Crippen LogP contribution in [-0.2, 0) is 4.79 Å². The molecule has 1 N–H and O–H groups in total. The van der Waals surface area contributed by atoms with Crippen LogP contribution in [0.15, 0.2) is 12.7 Å². The van der Waals surface area contributed by atoms with Crippen molar-refractivity contribution in [3.05, 3.63) is 12.7 Å². The second-order valence-corrected chi connectivity index (χ2v) is 6.33. The second kappa shape index (κ2) is 11.8. The maximum Gasteiger partial charge on any atom is 0.222 e. The van der Waals surface area contributed by atoms with Crippen molar-refractivity contribution in [3.8, 4) is 0 Å². The molecule has 3 nitrogen and oxygen atoms in total. The molecule has 3 heteroatoms. The second-order valence-electron chi connectivity index (χ2n) is 6.33. The molecule has 1 unspecified atom stereocenters. The summed E-state index contributed by atoms with van der Waals surface area (Å²) in [6.07, 6.45) is 14.4. The van der Waals surface area contributed by atoms with E-state index in [9.17, 15) is 9.90 Å². The molecule has 1 aliphatic rings. The van der Waals surface area contributed by atoms with Crippen LogP contribution in [0.25, 0.3) is 0 Å². The molecule has 1 atom stereocenters. The molecule has 0 aromatic carbocycles. The SMILES string of the molecule is C=CCCCCCCCCC(CO)CC(=O)N1CCCC1. The van der Waals surface area contributed by atoms with E-state index >= 15 is 0 Å². The molecule has 0 aromatic heterocycles. The Labute approximate surface area is 130 Å². The minimum atomic E-state index is 0.152. The van der Waals surface area contributed by atoms with Crippen molar-refractivity contribution in [2.45, 2.75) is 70.6 Å². The molecule has 1 fully saturated rings. The number of hydrogen-bond acceptors (Lipinski definition) is 2. The number of amides is 1. The van der Waals surface area contributed by atoms with Gasteiger partial charge in [-0.2, -0.15) is 0 Å². The average Bonchev–Trinajstić information content (AvgIpc) is 3.03. The molecule has 1 heterocycles. The maximum absolute atomic E-state index is 12.1. The van der Waals surface area contributed by atoms with Crippen LogP contribution in [0.1, 0.15) is 70.6 Å². The summed E-state index contributed by atoms with van der Waals surface area (Å²) in [5.74, 6) is 0.412. The van der Waals surface area contributed by atoms with Gasteiger partial charge < -0.3 is 10.0 Å². The van der Waals surface area contributed by atoms with Crippen molar-refractivity contribution in [2.24, 2.45) is 5.92 Å². The van der Waals surface area contributed by atoms with Gasteiger partial charge in [0.1, 0.15) is 0 Å². The van der Waals surface area contributed by atoms with Gasteiger partial charge in [-0.05, 0) is 38.0 Å². The Balaban J connectivity index is 2.02. The van der Waals surface area contributed by atoms with Crippen LogP contribution in [0.4, 0.5) is 0 Å². The third-order valence-electron chi connectivity index (χ3n) is 4.45. The van der Waals surface area contributed by atoms with Crippen LogP contribution < -0.4 is 0 Å². The third-order valence-corrected chi connectivity index (χ3v) is 4.45. The Hall–Kier alpha value is -0.830. The molecule has 1 amide bonds. The van der Waals surface area contributed by atoms with Gasteiger partial charge in [0.05, 0.1) is 0 Å². The number of rotatable bonds is 12. The number of carbonyl (C=O) groups excluding carboxylic acids is 1. The zero-order chi connectivity index (χ0) is 15.3. The van der Waals surface area contributed by atoms with Gasteiger partial charge >= 0.3 is 0 Å². The van der Waals surface area contributed by atoms with Gasteiger partial charge in [0.25, 0.3) is 0 Å². The van der Waals surface area contributed by atoms with Crippen molar-refractivity contribution in [1.29, 1.82) is 0 Å². The van der Waals surface area contributed by atoms with Crippen molar-refractivity contribution in [2.75, 3.05) is 19.7 Å². The van der Waals surface area contributed by atoms with E-state index in [0.29, 0.717) is 6.42 Å². The van der Waals surface area contributed by atoms with Gasteiger partial charge in [0.15, 0.2) is 0 Å². The highest BCUT2D eigenvalue weighted by atomic mass is 16.3. The number of aliphatic hydroxyl groups is 1. The highest BCUT2D eigenvalue weighted by Crippen LogP contribution is 2.18. The van der Waals surface area contributed by atoms with Crippen molar-refractivity contribution in [1.82, 2.24) is 4.90 Å². The van der Waals surface area contributed by atoms with Gasteiger partial charge in [-0.1, -0.05) is 38.2 Å². The van der Waals surface area contributed by atoms with E-state index in [1.54, 1.807) is 0 Å². The van der Waals surface area contributed by atoms with Crippen LogP contribution in [0.2, 0.25) is 0 Å². The van der Waals surface area contributed by atoms with E-state index in [2.05, 4.69) is 6.58 Å². The maximum atomic E-state index is 12.1. The van der Waals surface area contributed by atoms with Gasteiger partial charge in [-0.25, -0.2) is 0 Å². The number of hydrogen-bond donors (Lipinski definition) is 1. The summed E-state index contributed by atoms with van der Waals surface area (Å²) in [7, 11) is 0. The summed E-state index contributed by atoms with van der Waals surface area (Å²) in [6.45, 7) is 5.72.